The third-order valence-electron chi connectivity index (χ3n) is 3.06. The van der Waals surface area contributed by atoms with Gasteiger partial charge in [-0.25, -0.2) is 9.97 Å². The molecule has 1 aromatic heterocycles. The number of aliphatic hydroxyl groups is 1. The summed E-state index contributed by atoms with van der Waals surface area (Å²) in [6.07, 6.45) is 3.71. The van der Waals surface area contributed by atoms with Crippen LogP contribution in [0.4, 0.5) is 0 Å². The molecule has 0 aliphatic heterocycles. The van der Waals surface area contributed by atoms with Crippen LogP contribution in [0, 0.1) is 13.8 Å². The molecule has 0 aromatic carbocycles. The third kappa shape index (κ3) is 2.53. The average Bonchev–Trinajstić information content (AvgIpc) is 2.17. The van der Waals surface area contributed by atoms with Gasteiger partial charge in [0.1, 0.15) is 5.82 Å². The minimum absolute atomic E-state index is 0.104. The van der Waals surface area contributed by atoms with Gasteiger partial charge in [0.25, 0.3) is 0 Å². The summed E-state index contributed by atoms with van der Waals surface area (Å²) in [5, 5.41) is 9.44. The lowest BCUT2D eigenvalue weighted by Crippen LogP contribution is -2.19. The minimum atomic E-state index is -0.104. The van der Waals surface area contributed by atoms with Crippen molar-refractivity contribution in [3.8, 4) is 0 Å². The van der Waals surface area contributed by atoms with E-state index in [0.29, 0.717) is 5.92 Å². The van der Waals surface area contributed by atoms with Crippen LogP contribution in [0.25, 0.3) is 0 Å². The molecule has 0 atom stereocenters. The Balaban J connectivity index is 2.15. The highest BCUT2D eigenvalue weighted by molar-refractivity contribution is 5.11. The first-order valence-electron chi connectivity index (χ1n) is 5.65. The van der Waals surface area contributed by atoms with Gasteiger partial charge in [-0.05, 0) is 45.6 Å². The molecule has 1 saturated carbocycles. The molecule has 15 heavy (non-hydrogen) atoms. The number of aliphatic hydroxyl groups excluding tert-OH is 1. The molecule has 1 aromatic rings. The second kappa shape index (κ2) is 4.27. The maximum atomic E-state index is 9.44. The monoisotopic (exact) mass is 206 g/mol. The average molecular weight is 206 g/mol. The second-order valence-corrected chi connectivity index (χ2v) is 4.51. The van der Waals surface area contributed by atoms with Crippen LogP contribution in [0.5, 0.6) is 0 Å². The van der Waals surface area contributed by atoms with Crippen LogP contribution in [0.1, 0.15) is 48.8 Å². The Morgan fingerprint density at radius 2 is 1.60 bits per heavy atom. The minimum Gasteiger partial charge on any atom is -0.393 e. The van der Waals surface area contributed by atoms with E-state index < -0.39 is 0 Å². The Hall–Kier alpha value is -0.960. The van der Waals surface area contributed by atoms with E-state index in [9.17, 15) is 5.11 Å². The standard InChI is InChI=1S/C12H18N2O/c1-8-7-9(2)14-12(13-8)10-3-5-11(15)6-4-10/h7,10-11,15H,3-6H2,1-2H3. The van der Waals surface area contributed by atoms with Crippen LogP contribution in [0.15, 0.2) is 6.07 Å². The number of aromatic nitrogens is 2. The molecule has 1 aliphatic carbocycles. The van der Waals surface area contributed by atoms with Crippen molar-refractivity contribution in [1.29, 1.82) is 0 Å². The predicted octanol–water partition coefficient (Wildman–Crippen LogP) is 2.11. The number of aryl methyl sites for hydroxylation is 2. The first-order chi connectivity index (χ1) is 7.15. The first kappa shape index (κ1) is 10.6. The highest BCUT2D eigenvalue weighted by atomic mass is 16.3. The van der Waals surface area contributed by atoms with Gasteiger partial charge in [-0.15, -0.1) is 0 Å². The fourth-order valence-electron chi connectivity index (χ4n) is 2.27. The zero-order chi connectivity index (χ0) is 10.8. The van der Waals surface area contributed by atoms with E-state index >= 15 is 0 Å². The molecule has 1 aliphatic rings. The van der Waals surface area contributed by atoms with Gasteiger partial charge in [0, 0.05) is 17.3 Å². The van der Waals surface area contributed by atoms with Crippen LogP contribution in [0.2, 0.25) is 0 Å². The van der Waals surface area contributed by atoms with Gasteiger partial charge in [0.05, 0.1) is 6.10 Å². The molecule has 3 nitrogen and oxygen atoms in total. The van der Waals surface area contributed by atoms with Gasteiger partial charge >= 0.3 is 0 Å². The van der Waals surface area contributed by atoms with Crippen molar-refractivity contribution >= 4 is 0 Å². The number of rotatable bonds is 1. The second-order valence-electron chi connectivity index (χ2n) is 4.51. The third-order valence-corrected chi connectivity index (χ3v) is 3.06. The summed E-state index contributed by atoms with van der Waals surface area (Å²) >= 11 is 0. The van der Waals surface area contributed by atoms with Crippen LogP contribution in [-0.2, 0) is 0 Å². The van der Waals surface area contributed by atoms with Gasteiger partial charge in [-0.1, -0.05) is 0 Å². The Bertz CT molecular complexity index is 323. The van der Waals surface area contributed by atoms with Crippen molar-refractivity contribution in [3.63, 3.8) is 0 Å². The molecule has 82 valence electrons. The summed E-state index contributed by atoms with van der Waals surface area (Å²) in [6.45, 7) is 4.02. The van der Waals surface area contributed by atoms with Crippen molar-refractivity contribution in [3.05, 3.63) is 23.3 Å². The molecule has 1 fully saturated rings. The molecule has 1 N–H and O–H groups in total. The molecule has 0 unspecified atom stereocenters. The fraction of sp³-hybridized carbons (Fsp3) is 0.667. The Kier molecular flexibility index (Phi) is 3.00. The molecule has 0 bridgehead atoms. The Morgan fingerprint density at radius 1 is 1.07 bits per heavy atom. The topological polar surface area (TPSA) is 46.0 Å². The van der Waals surface area contributed by atoms with E-state index in [1.807, 2.05) is 19.9 Å². The van der Waals surface area contributed by atoms with E-state index in [2.05, 4.69) is 9.97 Å². The van der Waals surface area contributed by atoms with E-state index in [4.69, 9.17) is 0 Å². The number of hydrogen-bond donors (Lipinski definition) is 1. The lowest BCUT2D eigenvalue weighted by atomic mass is 9.87. The van der Waals surface area contributed by atoms with Gasteiger partial charge in [-0.3, -0.25) is 0 Å². The summed E-state index contributed by atoms with van der Waals surface area (Å²) in [7, 11) is 0. The number of nitrogens with zero attached hydrogens (tertiary/aromatic N) is 2. The molecule has 0 radical (unpaired) electrons. The molecule has 0 spiro atoms. The van der Waals surface area contributed by atoms with Crippen LogP contribution in [-0.4, -0.2) is 21.2 Å². The zero-order valence-electron chi connectivity index (χ0n) is 9.40. The van der Waals surface area contributed by atoms with Crippen molar-refractivity contribution in [2.24, 2.45) is 0 Å². The molecule has 0 amide bonds. The molecule has 1 heterocycles. The van der Waals surface area contributed by atoms with Gasteiger partial charge < -0.3 is 5.11 Å². The number of hydrogen-bond acceptors (Lipinski definition) is 3. The first-order valence-corrected chi connectivity index (χ1v) is 5.65. The summed E-state index contributed by atoms with van der Waals surface area (Å²) in [6, 6.07) is 2.00. The van der Waals surface area contributed by atoms with E-state index in [-0.39, 0.29) is 6.10 Å². The largest absolute Gasteiger partial charge is 0.393 e. The molecule has 2 rings (SSSR count). The van der Waals surface area contributed by atoms with E-state index in [0.717, 1.165) is 42.9 Å². The van der Waals surface area contributed by atoms with Crippen molar-refractivity contribution in [2.75, 3.05) is 0 Å². The Morgan fingerprint density at radius 3 is 2.13 bits per heavy atom. The summed E-state index contributed by atoms with van der Waals surface area (Å²) in [5.41, 5.74) is 2.09. The quantitative estimate of drug-likeness (QED) is 0.765. The zero-order valence-corrected chi connectivity index (χ0v) is 9.40. The molecular weight excluding hydrogens is 188 g/mol. The van der Waals surface area contributed by atoms with E-state index in [1.54, 1.807) is 0 Å². The van der Waals surface area contributed by atoms with Gasteiger partial charge in [0.15, 0.2) is 0 Å². The summed E-state index contributed by atoms with van der Waals surface area (Å²) < 4.78 is 0. The summed E-state index contributed by atoms with van der Waals surface area (Å²) in [5.74, 6) is 1.42. The maximum Gasteiger partial charge on any atom is 0.131 e. The van der Waals surface area contributed by atoms with Crippen molar-refractivity contribution in [2.45, 2.75) is 51.6 Å². The van der Waals surface area contributed by atoms with Crippen LogP contribution in [0.3, 0.4) is 0 Å². The fourth-order valence-corrected chi connectivity index (χ4v) is 2.27. The molecule has 0 saturated heterocycles. The highest BCUT2D eigenvalue weighted by Gasteiger charge is 2.22. The molecule has 3 heteroatoms. The van der Waals surface area contributed by atoms with Crippen molar-refractivity contribution < 1.29 is 5.11 Å². The lowest BCUT2D eigenvalue weighted by Gasteiger charge is -2.24. The SMILES string of the molecule is Cc1cc(C)nc(C2CCC(O)CC2)n1. The van der Waals surface area contributed by atoms with Crippen LogP contribution >= 0.6 is 0 Å². The predicted molar refractivity (Wildman–Crippen MR) is 58.7 cm³/mol. The highest BCUT2D eigenvalue weighted by Crippen LogP contribution is 2.30. The van der Waals surface area contributed by atoms with E-state index in [1.165, 1.54) is 0 Å². The van der Waals surface area contributed by atoms with Crippen molar-refractivity contribution in [1.82, 2.24) is 9.97 Å². The normalized spacial score (nSPS) is 26.6. The van der Waals surface area contributed by atoms with Gasteiger partial charge in [-0.2, -0.15) is 0 Å². The van der Waals surface area contributed by atoms with Gasteiger partial charge in [0.2, 0.25) is 0 Å². The molecular formula is C12H18N2O. The Labute approximate surface area is 90.6 Å². The maximum absolute atomic E-state index is 9.44. The summed E-state index contributed by atoms with van der Waals surface area (Å²) in [4.78, 5) is 8.98. The lowest BCUT2D eigenvalue weighted by molar-refractivity contribution is 0.121. The smallest absolute Gasteiger partial charge is 0.131 e. The van der Waals surface area contributed by atoms with Crippen LogP contribution < -0.4 is 0 Å².